The number of amides is 1. The number of rotatable bonds is 5. The molecule has 0 saturated carbocycles. The maximum Gasteiger partial charge on any atom is 0.235 e. The van der Waals surface area contributed by atoms with Crippen molar-refractivity contribution < 1.29 is 10.0 Å². The third kappa shape index (κ3) is 3.22. The predicted molar refractivity (Wildman–Crippen MR) is 68.4 cm³/mol. The number of aromatic nitrogens is 2. The number of carbonyl (C=O) groups excluding carboxylic acids is 1. The van der Waals surface area contributed by atoms with Gasteiger partial charge in [-0.25, -0.2) is 0 Å². The van der Waals surface area contributed by atoms with E-state index in [0.29, 0.717) is 12.1 Å². The highest BCUT2D eigenvalue weighted by Gasteiger charge is 2.21. The molecule has 100 valence electrons. The van der Waals surface area contributed by atoms with Gasteiger partial charge in [0.15, 0.2) is 5.84 Å². The number of nitrogens with zero attached hydrogens (tertiary/aromatic N) is 3. The van der Waals surface area contributed by atoms with Gasteiger partial charge >= 0.3 is 0 Å². The lowest BCUT2D eigenvalue weighted by Gasteiger charge is -2.12. The van der Waals surface area contributed by atoms with Crippen LogP contribution in [0.15, 0.2) is 17.5 Å². The summed E-state index contributed by atoms with van der Waals surface area (Å²) in [4.78, 5) is 11.9. The molecule has 0 aliphatic rings. The minimum atomic E-state index is -0.641. The van der Waals surface area contributed by atoms with Crippen LogP contribution in [0, 0.1) is 5.92 Å². The summed E-state index contributed by atoms with van der Waals surface area (Å²) in [7, 11) is 0. The summed E-state index contributed by atoms with van der Waals surface area (Å²) >= 11 is 0. The Kier molecular flexibility index (Phi) is 4.70. The first-order valence-corrected chi connectivity index (χ1v) is 5.82. The van der Waals surface area contributed by atoms with Crippen molar-refractivity contribution in [3.63, 3.8) is 0 Å². The van der Waals surface area contributed by atoms with Crippen LogP contribution in [0.3, 0.4) is 0 Å². The maximum absolute atomic E-state index is 11.9. The topological polar surface area (TPSA) is 106 Å². The maximum atomic E-state index is 11.9. The second kappa shape index (κ2) is 6.04. The van der Waals surface area contributed by atoms with Gasteiger partial charge in [-0.2, -0.15) is 5.10 Å². The monoisotopic (exact) mass is 253 g/mol. The fourth-order valence-corrected chi connectivity index (χ4v) is 1.51. The van der Waals surface area contributed by atoms with E-state index in [9.17, 15) is 4.79 Å². The van der Waals surface area contributed by atoms with Crippen LogP contribution in [-0.4, -0.2) is 26.7 Å². The van der Waals surface area contributed by atoms with Crippen LogP contribution in [0.1, 0.15) is 33.2 Å². The predicted octanol–water partition coefficient (Wildman–Crippen LogP) is 1.18. The smallest absolute Gasteiger partial charge is 0.235 e. The normalized spacial score (nSPS) is 13.7. The van der Waals surface area contributed by atoms with Crippen molar-refractivity contribution in [2.45, 2.75) is 33.2 Å². The first kappa shape index (κ1) is 14.0. The molecule has 0 aliphatic heterocycles. The Labute approximate surface area is 106 Å². The summed E-state index contributed by atoms with van der Waals surface area (Å²) in [6, 6.07) is 0.224. The largest absolute Gasteiger partial charge is 0.409 e. The summed E-state index contributed by atoms with van der Waals surface area (Å²) in [5.74, 6) is -1.04. The molecule has 1 aromatic heterocycles. The Bertz CT molecular complexity index is 438. The first-order chi connectivity index (χ1) is 8.49. The summed E-state index contributed by atoms with van der Waals surface area (Å²) in [5.41, 5.74) is 6.05. The average molecular weight is 253 g/mol. The highest BCUT2D eigenvalue weighted by molar-refractivity contribution is 6.07. The number of amidine groups is 1. The number of carbonyl (C=O) groups is 1. The van der Waals surface area contributed by atoms with Crippen molar-refractivity contribution >= 4 is 17.4 Å². The lowest BCUT2D eigenvalue weighted by atomic mass is 10.0. The van der Waals surface area contributed by atoms with Crippen LogP contribution in [-0.2, 0) is 4.79 Å². The highest BCUT2D eigenvalue weighted by Crippen LogP contribution is 2.12. The van der Waals surface area contributed by atoms with Gasteiger partial charge in [0, 0.05) is 12.2 Å². The van der Waals surface area contributed by atoms with Gasteiger partial charge in [-0.3, -0.25) is 9.48 Å². The van der Waals surface area contributed by atoms with Crippen molar-refractivity contribution in [3.05, 3.63) is 12.4 Å². The minimum absolute atomic E-state index is 0.0914. The molecule has 4 N–H and O–H groups in total. The van der Waals surface area contributed by atoms with Gasteiger partial charge in [-0.15, -0.1) is 0 Å². The lowest BCUT2D eigenvalue weighted by Crippen LogP contribution is -2.34. The summed E-state index contributed by atoms with van der Waals surface area (Å²) in [6.07, 6.45) is 3.76. The molecule has 18 heavy (non-hydrogen) atoms. The van der Waals surface area contributed by atoms with Crippen molar-refractivity contribution in [3.8, 4) is 0 Å². The summed E-state index contributed by atoms with van der Waals surface area (Å²) in [6.45, 7) is 5.77. The van der Waals surface area contributed by atoms with E-state index in [1.165, 1.54) is 0 Å². The van der Waals surface area contributed by atoms with Crippen LogP contribution >= 0.6 is 0 Å². The molecule has 0 saturated heterocycles. The minimum Gasteiger partial charge on any atom is -0.409 e. The molecule has 7 heteroatoms. The molecule has 1 heterocycles. The average Bonchev–Trinajstić information content (AvgIpc) is 2.78. The SMILES string of the molecule is CCC(C(=O)Nc1cnn(C(C)C)c1)/C(N)=N/O. The number of hydrogen-bond donors (Lipinski definition) is 3. The number of oxime groups is 1. The Morgan fingerprint density at radius 3 is 2.78 bits per heavy atom. The second-order valence-corrected chi connectivity index (χ2v) is 4.28. The molecule has 0 aromatic carbocycles. The molecular formula is C11H19N5O2. The quantitative estimate of drug-likeness (QED) is 0.317. The van der Waals surface area contributed by atoms with E-state index in [0.717, 1.165) is 0 Å². The van der Waals surface area contributed by atoms with E-state index >= 15 is 0 Å². The van der Waals surface area contributed by atoms with E-state index in [4.69, 9.17) is 10.9 Å². The van der Waals surface area contributed by atoms with E-state index in [1.54, 1.807) is 24.0 Å². The Morgan fingerprint density at radius 2 is 2.33 bits per heavy atom. The van der Waals surface area contributed by atoms with Crippen molar-refractivity contribution in [1.29, 1.82) is 0 Å². The van der Waals surface area contributed by atoms with Gasteiger partial charge < -0.3 is 16.3 Å². The highest BCUT2D eigenvalue weighted by atomic mass is 16.4. The molecule has 0 spiro atoms. The molecule has 1 amide bonds. The van der Waals surface area contributed by atoms with E-state index in [-0.39, 0.29) is 17.8 Å². The number of nitrogens with two attached hydrogens (primary N) is 1. The zero-order valence-electron chi connectivity index (χ0n) is 10.8. The summed E-state index contributed by atoms with van der Waals surface area (Å²) < 4.78 is 1.74. The Morgan fingerprint density at radius 1 is 1.67 bits per heavy atom. The molecule has 0 fully saturated rings. The molecule has 1 rings (SSSR count). The Balaban J connectivity index is 2.73. The van der Waals surface area contributed by atoms with Crippen molar-refractivity contribution in [2.24, 2.45) is 16.8 Å². The van der Waals surface area contributed by atoms with Crippen LogP contribution in [0.25, 0.3) is 0 Å². The fraction of sp³-hybridized carbons (Fsp3) is 0.545. The van der Waals surface area contributed by atoms with Gasteiger partial charge in [0.25, 0.3) is 0 Å². The van der Waals surface area contributed by atoms with Gasteiger partial charge in [0.05, 0.1) is 17.8 Å². The molecule has 1 unspecified atom stereocenters. The standard InChI is InChI=1S/C11H19N5O2/c1-4-9(10(12)15-18)11(17)14-8-5-13-16(6-8)7(2)3/h5-7,9,18H,4H2,1-3H3,(H2,12,15)(H,14,17). The fourth-order valence-electron chi connectivity index (χ4n) is 1.51. The third-order valence-electron chi connectivity index (χ3n) is 2.60. The van der Waals surface area contributed by atoms with Gasteiger partial charge in [0.2, 0.25) is 5.91 Å². The van der Waals surface area contributed by atoms with Crippen LogP contribution in [0.4, 0.5) is 5.69 Å². The van der Waals surface area contributed by atoms with Crippen molar-refractivity contribution in [2.75, 3.05) is 5.32 Å². The van der Waals surface area contributed by atoms with E-state index < -0.39 is 5.92 Å². The van der Waals surface area contributed by atoms with Crippen LogP contribution in [0.2, 0.25) is 0 Å². The zero-order chi connectivity index (χ0) is 13.7. The molecule has 0 bridgehead atoms. The van der Waals surface area contributed by atoms with Crippen molar-refractivity contribution in [1.82, 2.24) is 9.78 Å². The molecule has 1 atom stereocenters. The van der Waals surface area contributed by atoms with E-state index in [2.05, 4.69) is 15.6 Å². The number of hydrogen-bond acceptors (Lipinski definition) is 4. The van der Waals surface area contributed by atoms with Gasteiger partial charge in [-0.1, -0.05) is 12.1 Å². The molecular weight excluding hydrogens is 234 g/mol. The lowest BCUT2D eigenvalue weighted by molar-refractivity contribution is -0.118. The molecule has 0 aliphatic carbocycles. The molecule has 1 aromatic rings. The van der Waals surface area contributed by atoms with E-state index in [1.807, 2.05) is 13.8 Å². The Hall–Kier alpha value is -2.05. The zero-order valence-corrected chi connectivity index (χ0v) is 10.8. The molecule has 0 radical (unpaired) electrons. The number of anilines is 1. The number of nitrogens with one attached hydrogen (secondary N) is 1. The van der Waals surface area contributed by atoms with Gasteiger partial charge in [0.1, 0.15) is 0 Å². The second-order valence-electron chi connectivity index (χ2n) is 4.28. The van der Waals surface area contributed by atoms with Gasteiger partial charge in [-0.05, 0) is 20.3 Å². The first-order valence-electron chi connectivity index (χ1n) is 5.82. The third-order valence-corrected chi connectivity index (χ3v) is 2.60. The summed E-state index contributed by atoms with van der Waals surface area (Å²) in [5, 5.41) is 18.3. The van der Waals surface area contributed by atoms with Crippen LogP contribution < -0.4 is 11.1 Å². The van der Waals surface area contributed by atoms with Crippen LogP contribution in [0.5, 0.6) is 0 Å². The molecule has 7 nitrogen and oxygen atoms in total.